The number of nitro benzene ring substituents is 1. The van der Waals surface area contributed by atoms with E-state index in [1.165, 1.54) is 13.2 Å². The van der Waals surface area contributed by atoms with Gasteiger partial charge in [-0.1, -0.05) is 0 Å². The third-order valence-electron chi connectivity index (χ3n) is 3.32. The Bertz CT molecular complexity index is 444. The predicted octanol–water partition coefficient (Wildman–Crippen LogP) is 2.44. The summed E-state index contributed by atoms with van der Waals surface area (Å²) in [6.45, 7) is 2.28. The van der Waals surface area contributed by atoms with Crippen molar-refractivity contribution in [1.82, 2.24) is 0 Å². The maximum atomic E-state index is 11.0. The van der Waals surface area contributed by atoms with Crippen LogP contribution in [0.1, 0.15) is 12.8 Å². The molecule has 0 amide bonds. The fourth-order valence-electron chi connectivity index (χ4n) is 2.14. The smallest absolute Gasteiger partial charge is 0.296 e. The first-order valence-electron chi connectivity index (χ1n) is 6.34. The molecule has 1 aliphatic heterocycles. The van der Waals surface area contributed by atoms with Crippen molar-refractivity contribution in [2.45, 2.75) is 12.8 Å². The summed E-state index contributed by atoms with van der Waals surface area (Å²) in [4.78, 5) is 10.6. The van der Waals surface area contributed by atoms with Gasteiger partial charge in [-0.25, -0.2) is 0 Å². The van der Waals surface area contributed by atoms with Gasteiger partial charge in [-0.3, -0.25) is 10.1 Å². The van der Waals surface area contributed by atoms with Gasteiger partial charge in [0, 0.05) is 19.8 Å². The zero-order chi connectivity index (χ0) is 13.7. The lowest BCUT2D eigenvalue weighted by molar-refractivity contribution is -0.384. The summed E-state index contributed by atoms with van der Waals surface area (Å²) in [6.07, 6.45) is 1.99. The van der Waals surface area contributed by atoms with Crippen LogP contribution in [0.15, 0.2) is 18.2 Å². The van der Waals surface area contributed by atoms with Gasteiger partial charge >= 0.3 is 0 Å². The maximum Gasteiger partial charge on any atom is 0.296 e. The molecule has 1 aromatic rings. The van der Waals surface area contributed by atoms with Gasteiger partial charge in [0.1, 0.15) is 11.4 Å². The van der Waals surface area contributed by atoms with E-state index in [9.17, 15) is 10.1 Å². The van der Waals surface area contributed by atoms with E-state index in [-0.39, 0.29) is 5.69 Å². The van der Waals surface area contributed by atoms with E-state index in [0.717, 1.165) is 32.6 Å². The standard InChI is InChI=1S/C13H18N2O4/c1-18-11-2-3-12(13(8-11)15(16)17)14-9-10-4-6-19-7-5-10/h2-3,8,10,14H,4-7,9H2,1H3. The molecule has 0 radical (unpaired) electrons. The van der Waals surface area contributed by atoms with Crippen LogP contribution in [0, 0.1) is 16.0 Å². The monoisotopic (exact) mass is 266 g/mol. The van der Waals surface area contributed by atoms with Crippen molar-refractivity contribution < 1.29 is 14.4 Å². The number of ether oxygens (including phenoxy) is 2. The van der Waals surface area contributed by atoms with Crippen molar-refractivity contribution in [3.05, 3.63) is 28.3 Å². The molecule has 6 nitrogen and oxygen atoms in total. The molecule has 19 heavy (non-hydrogen) atoms. The highest BCUT2D eigenvalue weighted by molar-refractivity contribution is 5.63. The molecular formula is C13H18N2O4. The summed E-state index contributed by atoms with van der Waals surface area (Å²) in [6, 6.07) is 4.85. The second-order valence-corrected chi connectivity index (χ2v) is 4.58. The Balaban J connectivity index is 2.04. The average Bonchev–Trinajstić information content (AvgIpc) is 2.46. The Morgan fingerprint density at radius 2 is 2.21 bits per heavy atom. The van der Waals surface area contributed by atoms with E-state index < -0.39 is 4.92 Å². The average molecular weight is 266 g/mol. The molecule has 1 saturated heterocycles. The quantitative estimate of drug-likeness (QED) is 0.654. The Hall–Kier alpha value is -1.82. The SMILES string of the molecule is COc1ccc(NCC2CCOCC2)c([N+](=O)[O-])c1. The van der Waals surface area contributed by atoms with Crippen LogP contribution in [0.25, 0.3) is 0 Å². The van der Waals surface area contributed by atoms with Gasteiger partial charge in [0.2, 0.25) is 0 Å². The van der Waals surface area contributed by atoms with E-state index in [0.29, 0.717) is 17.4 Å². The predicted molar refractivity (Wildman–Crippen MR) is 71.7 cm³/mol. The van der Waals surface area contributed by atoms with E-state index >= 15 is 0 Å². The van der Waals surface area contributed by atoms with Crippen LogP contribution in [-0.2, 0) is 4.74 Å². The largest absolute Gasteiger partial charge is 0.496 e. The zero-order valence-electron chi connectivity index (χ0n) is 10.9. The molecule has 0 aromatic heterocycles. The number of methoxy groups -OCH3 is 1. The third-order valence-corrected chi connectivity index (χ3v) is 3.32. The molecule has 1 fully saturated rings. The van der Waals surface area contributed by atoms with Crippen molar-refractivity contribution in [2.75, 3.05) is 32.2 Å². The van der Waals surface area contributed by atoms with Crippen molar-refractivity contribution >= 4 is 11.4 Å². The first-order valence-corrected chi connectivity index (χ1v) is 6.34. The summed E-state index contributed by atoms with van der Waals surface area (Å²) in [5.41, 5.74) is 0.587. The molecule has 1 heterocycles. The normalized spacial score (nSPS) is 16.1. The topological polar surface area (TPSA) is 73.6 Å². The van der Waals surface area contributed by atoms with Crippen LogP contribution in [0.3, 0.4) is 0 Å². The van der Waals surface area contributed by atoms with E-state index in [1.54, 1.807) is 12.1 Å². The summed E-state index contributed by atoms with van der Waals surface area (Å²) in [7, 11) is 1.49. The maximum absolute atomic E-state index is 11.0. The van der Waals surface area contributed by atoms with Crippen LogP contribution < -0.4 is 10.1 Å². The fourth-order valence-corrected chi connectivity index (χ4v) is 2.14. The summed E-state index contributed by atoms with van der Waals surface area (Å²) >= 11 is 0. The molecule has 104 valence electrons. The summed E-state index contributed by atoms with van der Waals surface area (Å²) < 4.78 is 10.3. The van der Waals surface area contributed by atoms with Crippen LogP contribution in [-0.4, -0.2) is 31.8 Å². The minimum absolute atomic E-state index is 0.0476. The number of nitro groups is 1. The van der Waals surface area contributed by atoms with Gasteiger partial charge < -0.3 is 14.8 Å². The molecule has 0 spiro atoms. The van der Waals surface area contributed by atoms with E-state index in [4.69, 9.17) is 9.47 Å². The van der Waals surface area contributed by atoms with Crippen molar-refractivity contribution in [2.24, 2.45) is 5.92 Å². The molecule has 6 heteroatoms. The van der Waals surface area contributed by atoms with Crippen molar-refractivity contribution in [1.29, 1.82) is 0 Å². The lowest BCUT2D eigenvalue weighted by Crippen LogP contribution is -2.22. The summed E-state index contributed by atoms with van der Waals surface area (Å²) in [5.74, 6) is 0.999. The van der Waals surface area contributed by atoms with Crippen LogP contribution in [0.5, 0.6) is 5.75 Å². The van der Waals surface area contributed by atoms with Crippen molar-refractivity contribution in [3.8, 4) is 5.75 Å². The third kappa shape index (κ3) is 3.57. The zero-order valence-corrected chi connectivity index (χ0v) is 10.9. The minimum Gasteiger partial charge on any atom is -0.496 e. The van der Waals surface area contributed by atoms with Gasteiger partial charge in [-0.05, 0) is 30.9 Å². The number of hydrogen-bond acceptors (Lipinski definition) is 5. The van der Waals surface area contributed by atoms with Gasteiger partial charge in [0.25, 0.3) is 5.69 Å². The number of anilines is 1. The number of hydrogen-bond donors (Lipinski definition) is 1. The Morgan fingerprint density at radius 1 is 1.47 bits per heavy atom. The van der Waals surface area contributed by atoms with Gasteiger partial charge in [-0.15, -0.1) is 0 Å². The van der Waals surface area contributed by atoms with Gasteiger partial charge in [0.05, 0.1) is 18.1 Å². The van der Waals surface area contributed by atoms with Crippen LogP contribution in [0.4, 0.5) is 11.4 Å². The highest BCUT2D eigenvalue weighted by Crippen LogP contribution is 2.29. The highest BCUT2D eigenvalue weighted by Gasteiger charge is 2.18. The molecule has 1 aromatic carbocycles. The number of rotatable bonds is 5. The number of nitrogens with one attached hydrogen (secondary N) is 1. The molecule has 0 bridgehead atoms. The van der Waals surface area contributed by atoms with Crippen molar-refractivity contribution in [3.63, 3.8) is 0 Å². The molecule has 0 saturated carbocycles. The van der Waals surface area contributed by atoms with E-state index in [2.05, 4.69) is 5.32 Å². The highest BCUT2D eigenvalue weighted by atomic mass is 16.6. The summed E-state index contributed by atoms with van der Waals surface area (Å²) in [5, 5.41) is 14.2. The number of benzene rings is 1. The molecule has 0 unspecified atom stereocenters. The second-order valence-electron chi connectivity index (χ2n) is 4.58. The molecule has 1 N–H and O–H groups in total. The van der Waals surface area contributed by atoms with Gasteiger partial charge in [0.15, 0.2) is 0 Å². The molecule has 0 atom stereocenters. The Labute approximate surface area is 111 Å². The lowest BCUT2D eigenvalue weighted by atomic mass is 10.0. The first kappa shape index (κ1) is 13.6. The first-order chi connectivity index (χ1) is 9.20. The Kier molecular flexibility index (Phi) is 4.57. The lowest BCUT2D eigenvalue weighted by Gasteiger charge is -2.22. The van der Waals surface area contributed by atoms with E-state index in [1.807, 2.05) is 0 Å². The second kappa shape index (κ2) is 6.38. The molecule has 0 aliphatic carbocycles. The fraction of sp³-hybridized carbons (Fsp3) is 0.538. The molecule has 2 rings (SSSR count). The minimum atomic E-state index is -0.394. The molecule has 1 aliphatic rings. The van der Waals surface area contributed by atoms with Gasteiger partial charge in [-0.2, -0.15) is 0 Å². The van der Waals surface area contributed by atoms with Crippen LogP contribution >= 0.6 is 0 Å². The van der Waals surface area contributed by atoms with Crippen LogP contribution in [0.2, 0.25) is 0 Å². The molecular weight excluding hydrogens is 248 g/mol. The Morgan fingerprint density at radius 3 is 2.84 bits per heavy atom. The number of nitrogens with zero attached hydrogens (tertiary/aromatic N) is 1.